The van der Waals surface area contributed by atoms with Gasteiger partial charge >= 0.3 is 5.69 Å². The molecule has 0 saturated carbocycles. The van der Waals surface area contributed by atoms with Gasteiger partial charge in [-0.25, -0.2) is 4.39 Å². The third-order valence-corrected chi connectivity index (χ3v) is 1.44. The summed E-state index contributed by atoms with van der Waals surface area (Å²) in [5, 5.41) is 19.3. The van der Waals surface area contributed by atoms with Crippen LogP contribution in [0.5, 0.6) is 5.75 Å². The van der Waals surface area contributed by atoms with Gasteiger partial charge in [0, 0.05) is 5.56 Å². The van der Waals surface area contributed by atoms with Crippen molar-refractivity contribution in [3.8, 4) is 5.75 Å². The second-order valence-electron chi connectivity index (χ2n) is 2.35. The Hall–Kier alpha value is -1.65. The van der Waals surface area contributed by atoms with Crippen LogP contribution in [0.2, 0.25) is 0 Å². The Balaban J connectivity index is 0.000000791. The Morgan fingerprint density at radius 1 is 1.43 bits per heavy atom. The number of aromatic hydroxyl groups is 1. The molecule has 0 fully saturated rings. The van der Waals surface area contributed by atoms with Crippen molar-refractivity contribution in [2.45, 2.75) is 20.8 Å². The van der Waals surface area contributed by atoms with Gasteiger partial charge < -0.3 is 5.11 Å². The van der Waals surface area contributed by atoms with Gasteiger partial charge in [-0.05, 0) is 13.0 Å². The molecule has 14 heavy (non-hydrogen) atoms. The summed E-state index contributed by atoms with van der Waals surface area (Å²) in [7, 11) is 0. The molecule has 0 heterocycles. The molecule has 4 nitrogen and oxygen atoms in total. The number of nitro groups is 1. The summed E-state index contributed by atoms with van der Waals surface area (Å²) in [5.41, 5.74) is -0.450. The maximum absolute atomic E-state index is 12.6. The fraction of sp³-hybridized carbons (Fsp3) is 0.333. The molecule has 0 aliphatic rings. The van der Waals surface area contributed by atoms with Gasteiger partial charge in [-0.3, -0.25) is 10.1 Å². The van der Waals surface area contributed by atoms with Crippen molar-refractivity contribution in [3.05, 3.63) is 33.6 Å². The lowest BCUT2D eigenvalue weighted by Crippen LogP contribution is -1.91. The molecule has 78 valence electrons. The fourth-order valence-electron chi connectivity index (χ4n) is 0.857. The number of phenols is 1. The second kappa shape index (κ2) is 5.16. The van der Waals surface area contributed by atoms with Crippen molar-refractivity contribution in [1.29, 1.82) is 0 Å². The number of hydrogen-bond donors (Lipinski definition) is 1. The first-order chi connectivity index (χ1) is 6.52. The van der Waals surface area contributed by atoms with Crippen LogP contribution in [0.1, 0.15) is 19.4 Å². The summed E-state index contributed by atoms with van der Waals surface area (Å²) in [6.07, 6.45) is 0. The molecule has 0 saturated heterocycles. The zero-order valence-electron chi connectivity index (χ0n) is 8.24. The van der Waals surface area contributed by atoms with Crippen LogP contribution in [0.15, 0.2) is 12.1 Å². The third-order valence-electron chi connectivity index (χ3n) is 1.44. The zero-order chi connectivity index (χ0) is 11.3. The normalized spacial score (nSPS) is 8.86. The highest BCUT2D eigenvalue weighted by molar-refractivity contribution is 5.50. The molecule has 0 aliphatic heterocycles. The Labute approximate surface area is 81.1 Å². The molecule has 0 radical (unpaired) electrons. The monoisotopic (exact) mass is 201 g/mol. The van der Waals surface area contributed by atoms with Gasteiger partial charge in [0.2, 0.25) is 0 Å². The van der Waals surface area contributed by atoms with Gasteiger partial charge in [0.25, 0.3) is 0 Å². The minimum atomic E-state index is -0.828. The average molecular weight is 201 g/mol. The van der Waals surface area contributed by atoms with Gasteiger partial charge in [-0.1, -0.05) is 13.8 Å². The van der Waals surface area contributed by atoms with Crippen molar-refractivity contribution in [3.63, 3.8) is 0 Å². The maximum Gasteiger partial charge on any atom is 0.313 e. The number of nitrogens with zero attached hydrogens (tertiary/aromatic N) is 1. The van der Waals surface area contributed by atoms with Gasteiger partial charge in [-0.2, -0.15) is 0 Å². The fourth-order valence-corrected chi connectivity index (χ4v) is 0.857. The standard InChI is InChI=1S/C7H6FNO3.C2H6/c1-4-2-5(8)3-6(7(4)10)9(11)12;1-2/h2-3,10H,1H3;1-2H3. The second-order valence-corrected chi connectivity index (χ2v) is 2.35. The Morgan fingerprint density at radius 3 is 2.36 bits per heavy atom. The van der Waals surface area contributed by atoms with E-state index < -0.39 is 22.2 Å². The summed E-state index contributed by atoms with van der Waals surface area (Å²) in [6, 6.07) is 1.71. The molecule has 0 bridgehead atoms. The predicted octanol–water partition coefficient (Wildman–Crippen LogP) is 2.77. The molecule has 0 amide bonds. The lowest BCUT2D eigenvalue weighted by Gasteiger charge is -1.98. The van der Waals surface area contributed by atoms with Crippen LogP contribution < -0.4 is 0 Å². The highest BCUT2D eigenvalue weighted by Gasteiger charge is 2.16. The van der Waals surface area contributed by atoms with Gasteiger partial charge in [0.05, 0.1) is 11.0 Å². The number of phenolic OH excluding ortho intramolecular Hbond substituents is 1. The molecule has 1 N–H and O–H groups in total. The first kappa shape index (κ1) is 12.3. The van der Waals surface area contributed by atoms with E-state index in [4.69, 9.17) is 5.11 Å². The number of nitro benzene ring substituents is 1. The topological polar surface area (TPSA) is 63.4 Å². The van der Waals surface area contributed by atoms with Crippen molar-refractivity contribution < 1.29 is 14.4 Å². The quantitative estimate of drug-likeness (QED) is 0.561. The molecule has 0 aromatic heterocycles. The highest BCUT2D eigenvalue weighted by atomic mass is 19.1. The van der Waals surface area contributed by atoms with Crippen LogP contribution in [0.4, 0.5) is 10.1 Å². The molecule has 1 aromatic carbocycles. The lowest BCUT2D eigenvalue weighted by molar-refractivity contribution is -0.386. The summed E-state index contributed by atoms with van der Waals surface area (Å²) >= 11 is 0. The van der Waals surface area contributed by atoms with E-state index in [2.05, 4.69) is 0 Å². The molecule has 1 rings (SSSR count). The van der Waals surface area contributed by atoms with E-state index in [0.29, 0.717) is 6.07 Å². The molecule has 5 heteroatoms. The maximum atomic E-state index is 12.6. The van der Waals surface area contributed by atoms with Gasteiger partial charge in [0.15, 0.2) is 5.75 Å². The Bertz CT molecular complexity index is 339. The van der Waals surface area contributed by atoms with E-state index in [1.165, 1.54) is 6.92 Å². The molecule has 1 aromatic rings. The third kappa shape index (κ3) is 2.69. The van der Waals surface area contributed by atoms with Gasteiger partial charge in [-0.15, -0.1) is 0 Å². The van der Waals surface area contributed by atoms with Crippen LogP contribution in [-0.2, 0) is 0 Å². The molecule has 0 aliphatic carbocycles. The highest BCUT2D eigenvalue weighted by Crippen LogP contribution is 2.29. The first-order valence-electron chi connectivity index (χ1n) is 4.16. The predicted molar refractivity (Wildman–Crippen MR) is 50.8 cm³/mol. The smallest absolute Gasteiger partial charge is 0.313 e. The van der Waals surface area contributed by atoms with E-state index in [1.807, 2.05) is 13.8 Å². The number of rotatable bonds is 1. The SMILES string of the molecule is CC.Cc1cc(F)cc([N+](=O)[O-])c1O. The van der Waals surface area contributed by atoms with Crippen LogP contribution in [0, 0.1) is 22.9 Å². The number of halogens is 1. The Kier molecular flexibility index (Phi) is 4.55. The van der Waals surface area contributed by atoms with E-state index in [-0.39, 0.29) is 5.56 Å². The summed E-state index contributed by atoms with van der Waals surface area (Å²) in [4.78, 5) is 9.38. The summed E-state index contributed by atoms with van der Waals surface area (Å²) in [6.45, 7) is 5.39. The van der Waals surface area contributed by atoms with Crippen molar-refractivity contribution in [2.75, 3.05) is 0 Å². The van der Waals surface area contributed by atoms with Crippen molar-refractivity contribution in [1.82, 2.24) is 0 Å². The first-order valence-corrected chi connectivity index (χ1v) is 4.16. The van der Waals surface area contributed by atoms with Crippen LogP contribution >= 0.6 is 0 Å². The molecule has 0 atom stereocenters. The average Bonchev–Trinajstić information content (AvgIpc) is 2.14. The van der Waals surface area contributed by atoms with E-state index >= 15 is 0 Å². The van der Waals surface area contributed by atoms with E-state index in [9.17, 15) is 14.5 Å². The van der Waals surface area contributed by atoms with Crippen molar-refractivity contribution in [2.24, 2.45) is 0 Å². The molecular weight excluding hydrogens is 189 g/mol. The largest absolute Gasteiger partial charge is 0.502 e. The van der Waals surface area contributed by atoms with Gasteiger partial charge in [0.1, 0.15) is 5.82 Å². The molecular formula is C9H12FNO3. The van der Waals surface area contributed by atoms with E-state index in [1.54, 1.807) is 0 Å². The van der Waals surface area contributed by atoms with Crippen LogP contribution in [0.3, 0.4) is 0 Å². The number of hydrogen-bond acceptors (Lipinski definition) is 3. The minimum Gasteiger partial charge on any atom is -0.502 e. The van der Waals surface area contributed by atoms with Crippen LogP contribution in [0.25, 0.3) is 0 Å². The Morgan fingerprint density at radius 2 is 1.93 bits per heavy atom. The summed E-state index contributed by atoms with van der Waals surface area (Å²) in [5.74, 6) is -1.21. The molecule has 0 unspecified atom stereocenters. The zero-order valence-corrected chi connectivity index (χ0v) is 8.24. The number of aryl methyl sites for hydroxylation is 1. The van der Waals surface area contributed by atoms with E-state index in [0.717, 1.165) is 6.07 Å². The van der Waals surface area contributed by atoms with Crippen molar-refractivity contribution >= 4 is 5.69 Å². The lowest BCUT2D eigenvalue weighted by atomic mass is 10.2. The summed E-state index contributed by atoms with van der Waals surface area (Å²) < 4.78 is 12.6. The van der Waals surface area contributed by atoms with Crippen LogP contribution in [-0.4, -0.2) is 10.0 Å². The minimum absolute atomic E-state index is 0.154. The number of benzene rings is 1. The molecule has 0 spiro atoms.